The molecule has 0 spiro atoms. The Bertz CT molecular complexity index is 561. The van der Waals surface area contributed by atoms with Gasteiger partial charge in [-0.2, -0.15) is 18.3 Å². The quantitative estimate of drug-likeness (QED) is 0.386. The van der Waals surface area contributed by atoms with E-state index in [1.807, 2.05) is 6.92 Å². The number of alkyl halides is 3. The van der Waals surface area contributed by atoms with Crippen molar-refractivity contribution >= 4 is 29.9 Å². The first-order valence-electron chi connectivity index (χ1n) is 7.99. The van der Waals surface area contributed by atoms with Crippen LogP contribution < -0.4 is 10.6 Å². The molecule has 1 heterocycles. The predicted octanol–water partition coefficient (Wildman–Crippen LogP) is 3.94. The summed E-state index contributed by atoms with van der Waals surface area (Å²) in [5, 5.41) is 9.62. The smallest absolute Gasteiger partial charge is 0.354 e. The standard InChI is InChI=1S/C16H28F3N5.HI/c1-11(7-8-15(2,3)4)22-14(20-5)21-9-12-10-24(6)23-13(12)16(17,18)19;/h10-11H,7-9H2,1-6H3,(H2,20,21,22);1H. The number of aliphatic imine (C=N–C) groups is 1. The van der Waals surface area contributed by atoms with Crippen molar-refractivity contribution in [1.29, 1.82) is 0 Å². The topological polar surface area (TPSA) is 54.2 Å². The van der Waals surface area contributed by atoms with Gasteiger partial charge in [0.25, 0.3) is 0 Å². The minimum absolute atomic E-state index is 0. The number of guanidine groups is 1. The molecule has 0 fully saturated rings. The van der Waals surface area contributed by atoms with E-state index in [-0.39, 0.29) is 47.5 Å². The average molecular weight is 475 g/mol. The summed E-state index contributed by atoms with van der Waals surface area (Å²) in [7, 11) is 3.07. The van der Waals surface area contributed by atoms with Crippen molar-refractivity contribution in [2.75, 3.05) is 7.05 Å². The van der Waals surface area contributed by atoms with Gasteiger partial charge in [0.2, 0.25) is 0 Å². The van der Waals surface area contributed by atoms with Crippen molar-refractivity contribution in [3.05, 3.63) is 17.5 Å². The lowest BCUT2D eigenvalue weighted by Crippen LogP contribution is -2.42. The first-order valence-corrected chi connectivity index (χ1v) is 7.99. The van der Waals surface area contributed by atoms with Gasteiger partial charge in [-0.25, -0.2) is 0 Å². The predicted molar refractivity (Wildman–Crippen MR) is 105 cm³/mol. The molecule has 0 bridgehead atoms. The maximum atomic E-state index is 12.9. The summed E-state index contributed by atoms with van der Waals surface area (Å²) < 4.78 is 40.0. The Hall–Kier alpha value is -1.00. The van der Waals surface area contributed by atoms with Gasteiger partial charge in [-0.1, -0.05) is 20.8 Å². The first kappa shape index (κ1) is 24.0. The molecule has 1 rings (SSSR count). The fourth-order valence-electron chi connectivity index (χ4n) is 2.23. The van der Waals surface area contributed by atoms with E-state index in [9.17, 15) is 13.2 Å². The fourth-order valence-corrected chi connectivity index (χ4v) is 2.23. The summed E-state index contributed by atoms with van der Waals surface area (Å²) in [5.74, 6) is 0.480. The highest BCUT2D eigenvalue weighted by molar-refractivity contribution is 14.0. The van der Waals surface area contributed by atoms with Gasteiger partial charge in [0, 0.05) is 38.4 Å². The third-order valence-corrected chi connectivity index (χ3v) is 3.55. The maximum Gasteiger partial charge on any atom is 0.435 e. The number of nitrogens with zero attached hydrogens (tertiary/aromatic N) is 3. The average Bonchev–Trinajstić information content (AvgIpc) is 2.81. The Labute approximate surface area is 164 Å². The van der Waals surface area contributed by atoms with Crippen molar-refractivity contribution in [2.24, 2.45) is 17.5 Å². The maximum absolute atomic E-state index is 12.9. The molecule has 146 valence electrons. The van der Waals surface area contributed by atoms with Crippen molar-refractivity contribution < 1.29 is 13.2 Å². The summed E-state index contributed by atoms with van der Waals surface area (Å²) in [4.78, 5) is 4.07. The number of aryl methyl sites for hydroxylation is 1. The molecular weight excluding hydrogens is 446 g/mol. The lowest BCUT2D eigenvalue weighted by molar-refractivity contribution is -0.142. The molecule has 0 radical (unpaired) electrons. The van der Waals surface area contributed by atoms with E-state index in [0.29, 0.717) is 5.96 Å². The molecule has 2 N–H and O–H groups in total. The number of halogens is 4. The van der Waals surface area contributed by atoms with Crippen LogP contribution in [0.4, 0.5) is 13.2 Å². The van der Waals surface area contributed by atoms with E-state index in [0.717, 1.165) is 12.8 Å². The molecule has 0 aliphatic heterocycles. The Morgan fingerprint density at radius 2 is 1.92 bits per heavy atom. The zero-order chi connectivity index (χ0) is 18.5. The van der Waals surface area contributed by atoms with E-state index >= 15 is 0 Å². The Kier molecular flexibility index (Phi) is 9.24. The summed E-state index contributed by atoms with van der Waals surface area (Å²) in [6, 6.07) is 0.173. The lowest BCUT2D eigenvalue weighted by Gasteiger charge is -2.23. The molecule has 9 heteroatoms. The lowest BCUT2D eigenvalue weighted by atomic mass is 9.89. The molecule has 0 amide bonds. The highest BCUT2D eigenvalue weighted by Gasteiger charge is 2.36. The van der Waals surface area contributed by atoms with Crippen LogP contribution in [0.15, 0.2) is 11.2 Å². The van der Waals surface area contributed by atoms with E-state index in [1.54, 1.807) is 7.05 Å². The zero-order valence-corrected chi connectivity index (χ0v) is 18.0. The van der Waals surface area contributed by atoms with Crippen LogP contribution in [-0.4, -0.2) is 28.8 Å². The summed E-state index contributed by atoms with van der Waals surface area (Å²) in [6.45, 7) is 8.56. The highest BCUT2D eigenvalue weighted by atomic mass is 127. The third kappa shape index (κ3) is 8.77. The van der Waals surface area contributed by atoms with Crippen LogP contribution in [0, 0.1) is 5.41 Å². The summed E-state index contributed by atoms with van der Waals surface area (Å²) >= 11 is 0. The summed E-state index contributed by atoms with van der Waals surface area (Å²) in [5.41, 5.74) is -0.534. The SMILES string of the molecule is CN=C(NCc1cn(C)nc1C(F)(F)F)NC(C)CCC(C)(C)C.I. The van der Waals surface area contributed by atoms with Gasteiger partial charge in [-0.05, 0) is 25.2 Å². The summed E-state index contributed by atoms with van der Waals surface area (Å²) in [6.07, 6.45) is -1.11. The molecule has 1 aromatic rings. The Balaban J connectivity index is 0.00000576. The highest BCUT2D eigenvalue weighted by Crippen LogP contribution is 2.30. The van der Waals surface area contributed by atoms with Crippen molar-refractivity contribution in [2.45, 2.75) is 59.3 Å². The molecule has 5 nitrogen and oxygen atoms in total. The second kappa shape index (κ2) is 9.63. The van der Waals surface area contributed by atoms with Crippen LogP contribution in [0.1, 0.15) is 51.8 Å². The van der Waals surface area contributed by atoms with Gasteiger partial charge in [0.1, 0.15) is 0 Å². The second-order valence-electron chi connectivity index (χ2n) is 7.24. The number of hydrogen-bond donors (Lipinski definition) is 2. The van der Waals surface area contributed by atoms with E-state index in [4.69, 9.17) is 0 Å². The van der Waals surface area contributed by atoms with Crippen LogP contribution in [0.25, 0.3) is 0 Å². The molecule has 0 aliphatic carbocycles. The minimum Gasteiger partial charge on any atom is -0.354 e. The van der Waals surface area contributed by atoms with Gasteiger partial charge in [0.05, 0.1) is 0 Å². The zero-order valence-electron chi connectivity index (χ0n) is 15.7. The normalized spacial score (nSPS) is 14.0. The van der Waals surface area contributed by atoms with Gasteiger partial charge < -0.3 is 10.6 Å². The molecule has 1 unspecified atom stereocenters. The van der Waals surface area contributed by atoms with Crippen molar-refractivity contribution in [3.8, 4) is 0 Å². The molecule has 0 saturated carbocycles. The molecule has 0 aromatic carbocycles. The van der Waals surface area contributed by atoms with Gasteiger partial charge in [-0.15, -0.1) is 24.0 Å². The van der Waals surface area contributed by atoms with E-state index in [2.05, 4.69) is 41.5 Å². The molecule has 1 atom stereocenters. The third-order valence-electron chi connectivity index (χ3n) is 3.55. The van der Waals surface area contributed by atoms with Crippen molar-refractivity contribution in [1.82, 2.24) is 20.4 Å². The van der Waals surface area contributed by atoms with Crippen LogP contribution in [0.3, 0.4) is 0 Å². The van der Waals surface area contributed by atoms with E-state index < -0.39 is 11.9 Å². The molecule has 0 saturated heterocycles. The number of nitrogens with one attached hydrogen (secondary N) is 2. The van der Waals surface area contributed by atoms with Crippen molar-refractivity contribution in [3.63, 3.8) is 0 Å². The molecule has 0 aliphatic rings. The largest absolute Gasteiger partial charge is 0.435 e. The van der Waals surface area contributed by atoms with Crippen LogP contribution >= 0.6 is 24.0 Å². The Morgan fingerprint density at radius 1 is 1.32 bits per heavy atom. The molecular formula is C16H29F3IN5. The minimum atomic E-state index is -4.46. The van der Waals surface area contributed by atoms with Crippen LogP contribution in [-0.2, 0) is 19.8 Å². The number of rotatable bonds is 5. The van der Waals surface area contributed by atoms with E-state index in [1.165, 1.54) is 17.9 Å². The molecule has 1 aromatic heterocycles. The number of hydrogen-bond acceptors (Lipinski definition) is 2. The number of aromatic nitrogens is 2. The van der Waals surface area contributed by atoms with Gasteiger partial charge in [0.15, 0.2) is 11.7 Å². The first-order chi connectivity index (χ1) is 10.9. The van der Waals surface area contributed by atoms with Crippen LogP contribution in [0.2, 0.25) is 0 Å². The monoisotopic (exact) mass is 475 g/mol. The second-order valence-corrected chi connectivity index (χ2v) is 7.24. The Morgan fingerprint density at radius 3 is 2.40 bits per heavy atom. The van der Waals surface area contributed by atoms with Gasteiger partial charge in [-0.3, -0.25) is 9.67 Å². The van der Waals surface area contributed by atoms with Crippen LogP contribution in [0.5, 0.6) is 0 Å². The van der Waals surface area contributed by atoms with Gasteiger partial charge >= 0.3 is 6.18 Å². The molecule has 25 heavy (non-hydrogen) atoms. The fraction of sp³-hybridized carbons (Fsp3) is 0.750.